The van der Waals surface area contributed by atoms with E-state index in [1.165, 1.54) is 11.8 Å². The van der Waals surface area contributed by atoms with Crippen LogP contribution < -0.4 is 0 Å². The molecule has 0 unspecified atom stereocenters. The van der Waals surface area contributed by atoms with E-state index in [1.54, 1.807) is 18.0 Å². The van der Waals surface area contributed by atoms with Crippen LogP contribution in [0.4, 0.5) is 5.69 Å². The Balaban J connectivity index is 1.67. The largest absolute Gasteiger partial charge is 0.318 e. The van der Waals surface area contributed by atoms with Crippen LogP contribution in [0.1, 0.15) is 17.0 Å². The number of amides is 1. The zero-order valence-corrected chi connectivity index (χ0v) is 20.9. The zero-order valence-electron chi connectivity index (χ0n) is 17.0. The molecular weight excluding hydrogens is 517 g/mol. The van der Waals surface area contributed by atoms with Gasteiger partial charge in [0.25, 0.3) is 5.91 Å². The minimum Gasteiger partial charge on any atom is -0.318 e. The van der Waals surface area contributed by atoms with Crippen LogP contribution >= 0.6 is 50.9 Å². The number of thioether (sulfide) groups is 1. The summed E-state index contributed by atoms with van der Waals surface area (Å²) in [5.41, 5.74) is 4.84. The summed E-state index contributed by atoms with van der Waals surface area (Å²) in [5.74, 6) is -0.0803. The van der Waals surface area contributed by atoms with Crippen LogP contribution in [-0.4, -0.2) is 27.6 Å². The molecule has 0 bridgehead atoms. The van der Waals surface area contributed by atoms with Crippen molar-refractivity contribution in [1.82, 2.24) is 9.47 Å². The maximum absolute atomic E-state index is 12.8. The van der Waals surface area contributed by atoms with Crippen LogP contribution in [-0.2, 0) is 4.79 Å². The predicted molar refractivity (Wildman–Crippen MR) is 135 cm³/mol. The summed E-state index contributed by atoms with van der Waals surface area (Å²) in [4.78, 5) is 19.6. The fourth-order valence-electron chi connectivity index (χ4n) is 3.38. The number of halogens is 3. The number of hydrogen-bond acceptors (Lipinski definition) is 3. The summed E-state index contributed by atoms with van der Waals surface area (Å²) in [7, 11) is 1.73. The summed E-state index contributed by atoms with van der Waals surface area (Å²) in [6, 6.07) is 15.2. The number of hydrogen-bond donors (Lipinski definition) is 0. The lowest BCUT2D eigenvalue weighted by molar-refractivity contribution is -0.121. The maximum atomic E-state index is 12.8. The average molecular weight is 535 g/mol. The topological polar surface area (TPSA) is 37.6 Å². The molecule has 31 heavy (non-hydrogen) atoms. The second-order valence-electron chi connectivity index (χ2n) is 7.11. The van der Waals surface area contributed by atoms with Crippen molar-refractivity contribution in [3.63, 3.8) is 0 Å². The molecule has 0 radical (unpaired) electrons. The third-order valence-corrected chi connectivity index (χ3v) is 7.52. The number of carbonyl (C=O) groups excluding carboxylic acids is 1. The Hall–Kier alpha value is -1.99. The fraction of sp³-hybridized carbons (Fsp3) is 0.130. The second-order valence-corrected chi connectivity index (χ2v) is 9.81. The molecule has 0 atom stereocenters. The van der Waals surface area contributed by atoms with Crippen molar-refractivity contribution in [2.24, 2.45) is 4.99 Å². The third-order valence-electron chi connectivity index (χ3n) is 4.97. The first-order valence-electron chi connectivity index (χ1n) is 9.41. The highest BCUT2D eigenvalue weighted by Crippen LogP contribution is 2.35. The molecule has 1 fully saturated rings. The van der Waals surface area contributed by atoms with Crippen LogP contribution in [0.15, 0.2) is 62.9 Å². The Morgan fingerprint density at radius 3 is 2.45 bits per heavy atom. The maximum Gasteiger partial charge on any atom is 0.266 e. The van der Waals surface area contributed by atoms with E-state index in [0.29, 0.717) is 25.8 Å². The van der Waals surface area contributed by atoms with Crippen molar-refractivity contribution in [1.29, 1.82) is 0 Å². The Labute approximate surface area is 203 Å². The van der Waals surface area contributed by atoms with Crippen molar-refractivity contribution in [2.45, 2.75) is 13.8 Å². The minimum atomic E-state index is -0.0803. The Bertz CT molecular complexity index is 1250. The van der Waals surface area contributed by atoms with E-state index in [-0.39, 0.29) is 5.91 Å². The van der Waals surface area contributed by atoms with Gasteiger partial charge in [-0.05, 0) is 102 Å². The predicted octanol–water partition coefficient (Wildman–Crippen LogP) is 7.40. The number of benzene rings is 2. The average Bonchev–Trinajstić information content (AvgIpc) is 3.16. The summed E-state index contributed by atoms with van der Waals surface area (Å²) < 4.78 is 2.95. The Kier molecular flexibility index (Phi) is 6.35. The van der Waals surface area contributed by atoms with Crippen LogP contribution in [0.25, 0.3) is 11.8 Å². The quantitative estimate of drug-likeness (QED) is 0.328. The summed E-state index contributed by atoms with van der Waals surface area (Å²) in [6.07, 6.45) is 1.93. The standard InChI is InChI=1S/C23H18BrCl2N3OS/c1-13-10-15(14(2)29(13)18-7-4-16(25)5-8-18)11-21-22(30)28(3)23(31-21)27-17-6-9-19(24)20(26)12-17/h4-12H,1-3H3/b21-11+,27-23?. The van der Waals surface area contributed by atoms with Gasteiger partial charge >= 0.3 is 0 Å². The number of nitrogens with zero attached hydrogens (tertiary/aromatic N) is 3. The molecule has 4 rings (SSSR count). The fourth-order valence-corrected chi connectivity index (χ4v) is 4.90. The highest BCUT2D eigenvalue weighted by atomic mass is 79.9. The van der Waals surface area contributed by atoms with Crippen molar-refractivity contribution < 1.29 is 4.79 Å². The molecule has 158 valence electrons. The van der Waals surface area contributed by atoms with Gasteiger partial charge in [-0.1, -0.05) is 23.2 Å². The first-order chi connectivity index (χ1) is 14.7. The number of aryl methyl sites for hydroxylation is 1. The highest BCUT2D eigenvalue weighted by molar-refractivity contribution is 9.10. The van der Waals surface area contributed by atoms with Crippen molar-refractivity contribution in [3.8, 4) is 5.69 Å². The molecule has 0 N–H and O–H groups in total. The van der Waals surface area contributed by atoms with E-state index < -0.39 is 0 Å². The van der Waals surface area contributed by atoms with Gasteiger partial charge in [-0.3, -0.25) is 9.69 Å². The highest BCUT2D eigenvalue weighted by Gasteiger charge is 2.30. The molecule has 4 nitrogen and oxygen atoms in total. The third kappa shape index (κ3) is 4.48. The smallest absolute Gasteiger partial charge is 0.266 e. The van der Waals surface area contributed by atoms with Crippen molar-refractivity contribution in [2.75, 3.05) is 7.05 Å². The number of rotatable bonds is 3. The van der Waals surface area contributed by atoms with Gasteiger partial charge in [0.2, 0.25) is 0 Å². The summed E-state index contributed by atoms with van der Waals surface area (Å²) >= 11 is 16.9. The molecule has 1 saturated heterocycles. The van der Waals surface area contributed by atoms with Crippen molar-refractivity contribution in [3.05, 3.63) is 84.9 Å². The van der Waals surface area contributed by atoms with Gasteiger partial charge in [0.15, 0.2) is 5.17 Å². The molecule has 1 amide bonds. The lowest BCUT2D eigenvalue weighted by atomic mass is 10.2. The normalized spacial score (nSPS) is 16.7. The lowest BCUT2D eigenvalue weighted by Gasteiger charge is -2.09. The number of amidine groups is 1. The molecule has 2 heterocycles. The molecular formula is C23H18BrCl2N3OS. The summed E-state index contributed by atoms with van der Waals surface area (Å²) in [5, 5.41) is 1.88. The minimum absolute atomic E-state index is 0.0803. The van der Waals surface area contributed by atoms with Crippen molar-refractivity contribution >= 4 is 73.7 Å². The first kappa shape index (κ1) is 22.2. The van der Waals surface area contributed by atoms with Gasteiger partial charge in [-0.2, -0.15) is 0 Å². The monoisotopic (exact) mass is 533 g/mol. The van der Waals surface area contributed by atoms with Gasteiger partial charge in [-0.25, -0.2) is 4.99 Å². The van der Waals surface area contributed by atoms with E-state index in [1.807, 2.05) is 56.3 Å². The molecule has 0 saturated carbocycles. The van der Waals surface area contributed by atoms with Gasteiger partial charge < -0.3 is 4.57 Å². The zero-order chi connectivity index (χ0) is 22.3. The molecule has 8 heteroatoms. The Morgan fingerprint density at radius 1 is 1.06 bits per heavy atom. The number of likely N-dealkylation sites (N-methyl/N-ethyl adjacent to an activating group) is 1. The van der Waals surface area contributed by atoms with Crippen LogP contribution in [0.5, 0.6) is 0 Å². The van der Waals surface area contributed by atoms with Gasteiger partial charge in [0.1, 0.15) is 0 Å². The number of aromatic nitrogens is 1. The van der Waals surface area contributed by atoms with E-state index in [4.69, 9.17) is 23.2 Å². The number of aliphatic imine (C=N–C) groups is 1. The van der Waals surface area contributed by atoms with Crippen LogP contribution in [0, 0.1) is 13.8 Å². The second kappa shape index (κ2) is 8.87. The molecule has 1 aromatic heterocycles. The number of carbonyl (C=O) groups is 1. The summed E-state index contributed by atoms with van der Waals surface area (Å²) in [6.45, 7) is 4.09. The molecule has 1 aliphatic heterocycles. The molecule has 1 aliphatic rings. The van der Waals surface area contributed by atoms with Gasteiger partial charge in [-0.15, -0.1) is 0 Å². The van der Waals surface area contributed by atoms with E-state index in [0.717, 1.165) is 27.1 Å². The van der Waals surface area contributed by atoms with E-state index in [9.17, 15) is 4.79 Å². The molecule has 0 spiro atoms. The Morgan fingerprint density at radius 2 is 1.77 bits per heavy atom. The molecule has 2 aromatic carbocycles. The van der Waals surface area contributed by atoms with Gasteiger partial charge in [0.05, 0.1) is 15.6 Å². The lowest BCUT2D eigenvalue weighted by Crippen LogP contribution is -2.23. The van der Waals surface area contributed by atoms with Crippen LogP contribution in [0.2, 0.25) is 10.0 Å². The van der Waals surface area contributed by atoms with E-state index in [2.05, 4.69) is 31.6 Å². The SMILES string of the molecule is Cc1cc(/C=C2/SC(=Nc3ccc(Br)c(Cl)c3)N(C)C2=O)c(C)n1-c1ccc(Cl)cc1. The van der Waals surface area contributed by atoms with E-state index >= 15 is 0 Å². The van der Waals surface area contributed by atoms with Gasteiger partial charge in [0, 0.05) is 33.6 Å². The van der Waals surface area contributed by atoms with Crippen LogP contribution in [0.3, 0.4) is 0 Å². The molecule has 3 aromatic rings. The first-order valence-corrected chi connectivity index (χ1v) is 11.8. The molecule has 0 aliphatic carbocycles.